The summed E-state index contributed by atoms with van der Waals surface area (Å²) in [5.41, 5.74) is 1.08. The second-order valence-corrected chi connectivity index (χ2v) is 9.20. The van der Waals surface area contributed by atoms with Crippen molar-refractivity contribution in [3.63, 3.8) is 0 Å². The Bertz CT molecular complexity index is 595. The summed E-state index contributed by atoms with van der Waals surface area (Å²) in [6, 6.07) is 2.74. The molecule has 2 aliphatic rings. The number of nitrogens with one attached hydrogen (secondary N) is 1. The first-order chi connectivity index (χ1) is 9.96. The summed E-state index contributed by atoms with van der Waals surface area (Å²) in [4.78, 5) is 2.20. The van der Waals surface area contributed by atoms with Crippen LogP contribution in [0.25, 0.3) is 0 Å². The molecule has 0 aromatic carbocycles. The van der Waals surface area contributed by atoms with Crippen LogP contribution in [0.3, 0.4) is 0 Å². The molecule has 1 N–H and O–H groups in total. The van der Waals surface area contributed by atoms with Crippen LogP contribution < -0.4 is 5.32 Å². The second kappa shape index (κ2) is 5.96. The van der Waals surface area contributed by atoms with Gasteiger partial charge in [-0.1, -0.05) is 0 Å². The smallest absolute Gasteiger partial charge is 0.252 e. The number of rotatable bonds is 5. The summed E-state index contributed by atoms with van der Waals surface area (Å²) >= 11 is 1.34. The van der Waals surface area contributed by atoms with Crippen molar-refractivity contribution in [2.45, 2.75) is 42.6 Å². The predicted molar refractivity (Wildman–Crippen MR) is 85.0 cm³/mol. The molecule has 0 spiro atoms. The topological polar surface area (TPSA) is 52.7 Å². The van der Waals surface area contributed by atoms with E-state index in [1.165, 1.54) is 24.2 Å². The van der Waals surface area contributed by atoms with Crippen molar-refractivity contribution in [3.8, 4) is 0 Å². The maximum absolute atomic E-state index is 12.7. The van der Waals surface area contributed by atoms with E-state index in [1.807, 2.05) is 18.5 Å². The number of hydrogen-bond donors (Lipinski definition) is 1. The van der Waals surface area contributed by atoms with E-state index >= 15 is 0 Å². The fraction of sp³-hybridized carbons (Fsp3) is 0.714. The summed E-state index contributed by atoms with van der Waals surface area (Å²) in [5, 5.41) is 5.38. The molecule has 7 heteroatoms. The second-order valence-electron chi connectivity index (χ2n) is 6.12. The number of piperazine rings is 1. The van der Waals surface area contributed by atoms with Crippen molar-refractivity contribution in [2.24, 2.45) is 0 Å². The van der Waals surface area contributed by atoms with Gasteiger partial charge in [0.15, 0.2) is 0 Å². The van der Waals surface area contributed by atoms with Crippen LogP contribution >= 0.6 is 11.3 Å². The van der Waals surface area contributed by atoms with Crippen molar-refractivity contribution in [1.82, 2.24) is 14.5 Å². The SMILES string of the molecule is CC1CN(S(=O)(=O)c2cc(CNC3CC3)cs2)CCN1C. The third-order valence-corrected chi connectivity index (χ3v) is 7.65. The summed E-state index contributed by atoms with van der Waals surface area (Å²) < 4.78 is 27.5. The Morgan fingerprint density at radius 1 is 1.38 bits per heavy atom. The van der Waals surface area contributed by atoms with Crippen LogP contribution in [0.15, 0.2) is 15.7 Å². The predicted octanol–water partition coefficient (Wildman–Crippen LogP) is 1.32. The number of thiophene rings is 1. The Morgan fingerprint density at radius 2 is 2.14 bits per heavy atom. The molecule has 0 bridgehead atoms. The highest BCUT2D eigenvalue weighted by atomic mass is 32.2. The lowest BCUT2D eigenvalue weighted by Gasteiger charge is -2.36. The minimum Gasteiger partial charge on any atom is -0.310 e. The fourth-order valence-electron chi connectivity index (χ4n) is 2.49. The van der Waals surface area contributed by atoms with Gasteiger partial charge in [0, 0.05) is 38.3 Å². The summed E-state index contributed by atoms with van der Waals surface area (Å²) in [5.74, 6) is 0. The molecule has 3 rings (SSSR count). The van der Waals surface area contributed by atoms with Crippen LogP contribution in [0.2, 0.25) is 0 Å². The molecule has 1 saturated heterocycles. The van der Waals surface area contributed by atoms with Crippen LogP contribution in [-0.2, 0) is 16.6 Å². The molecule has 1 aliphatic heterocycles. The fourth-order valence-corrected chi connectivity index (χ4v) is 5.37. The maximum atomic E-state index is 12.7. The first-order valence-corrected chi connectivity index (χ1v) is 9.80. The average molecular weight is 329 g/mol. The van der Waals surface area contributed by atoms with E-state index in [2.05, 4.69) is 17.1 Å². The molecule has 5 nitrogen and oxygen atoms in total. The molecule has 2 fully saturated rings. The quantitative estimate of drug-likeness (QED) is 0.885. The minimum absolute atomic E-state index is 0.268. The van der Waals surface area contributed by atoms with Gasteiger partial charge in [-0.2, -0.15) is 4.31 Å². The van der Waals surface area contributed by atoms with Gasteiger partial charge in [0.2, 0.25) is 0 Å². The van der Waals surface area contributed by atoms with E-state index < -0.39 is 10.0 Å². The molecule has 1 unspecified atom stereocenters. The molecule has 1 aromatic rings. The summed E-state index contributed by atoms with van der Waals surface area (Å²) in [6.07, 6.45) is 2.49. The highest BCUT2D eigenvalue weighted by molar-refractivity contribution is 7.91. The Balaban J connectivity index is 1.69. The molecule has 0 amide bonds. The minimum atomic E-state index is -3.32. The molecule has 21 heavy (non-hydrogen) atoms. The van der Waals surface area contributed by atoms with Crippen LogP contribution in [0, 0.1) is 0 Å². The number of sulfonamides is 1. The highest BCUT2D eigenvalue weighted by Gasteiger charge is 2.31. The highest BCUT2D eigenvalue weighted by Crippen LogP contribution is 2.26. The summed E-state index contributed by atoms with van der Waals surface area (Å²) in [7, 11) is -1.28. The number of likely N-dealkylation sites (N-methyl/N-ethyl adjacent to an activating group) is 1. The zero-order valence-electron chi connectivity index (χ0n) is 12.6. The Labute approximate surface area is 131 Å². The van der Waals surface area contributed by atoms with Gasteiger partial charge in [0.1, 0.15) is 4.21 Å². The van der Waals surface area contributed by atoms with Gasteiger partial charge in [-0.3, -0.25) is 0 Å². The lowest BCUT2D eigenvalue weighted by molar-refractivity contribution is 0.160. The third-order valence-electron chi connectivity index (χ3n) is 4.32. The van der Waals surface area contributed by atoms with Gasteiger partial charge in [-0.15, -0.1) is 11.3 Å². The Hall–Kier alpha value is -0.470. The van der Waals surface area contributed by atoms with Crippen molar-refractivity contribution in [3.05, 3.63) is 17.0 Å². The van der Waals surface area contributed by atoms with E-state index in [1.54, 1.807) is 4.31 Å². The van der Waals surface area contributed by atoms with E-state index in [0.29, 0.717) is 23.3 Å². The van der Waals surface area contributed by atoms with E-state index in [9.17, 15) is 8.42 Å². The van der Waals surface area contributed by atoms with Crippen molar-refractivity contribution < 1.29 is 8.42 Å². The lowest BCUT2D eigenvalue weighted by atomic mass is 10.2. The van der Waals surface area contributed by atoms with Crippen LogP contribution in [0.4, 0.5) is 0 Å². The van der Waals surface area contributed by atoms with Crippen LogP contribution in [0.5, 0.6) is 0 Å². The van der Waals surface area contributed by atoms with Gasteiger partial charge < -0.3 is 10.2 Å². The van der Waals surface area contributed by atoms with Crippen LogP contribution in [-0.4, -0.2) is 56.4 Å². The van der Waals surface area contributed by atoms with Gasteiger partial charge in [0.05, 0.1) is 0 Å². The van der Waals surface area contributed by atoms with Crippen molar-refractivity contribution in [2.75, 3.05) is 26.7 Å². The van der Waals surface area contributed by atoms with Gasteiger partial charge >= 0.3 is 0 Å². The molecular weight excluding hydrogens is 306 g/mol. The zero-order chi connectivity index (χ0) is 15.0. The van der Waals surface area contributed by atoms with Crippen LogP contribution in [0.1, 0.15) is 25.3 Å². The Kier molecular flexibility index (Phi) is 4.38. The largest absolute Gasteiger partial charge is 0.310 e. The van der Waals surface area contributed by atoms with Gasteiger partial charge in [-0.05, 0) is 43.8 Å². The van der Waals surface area contributed by atoms with Crippen molar-refractivity contribution in [1.29, 1.82) is 0 Å². The Morgan fingerprint density at radius 3 is 2.81 bits per heavy atom. The average Bonchev–Trinajstić information content (AvgIpc) is 3.15. The maximum Gasteiger partial charge on any atom is 0.252 e. The molecule has 0 radical (unpaired) electrons. The molecule has 1 atom stereocenters. The van der Waals surface area contributed by atoms with E-state index in [0.717, 1.165) is 18.7 Å². The molecule has 118 valence electrons. The molecule has 1 aliphatic carbocycles. The molecular formula is C14H23N3O2S2. The molecule has 1 saturated carbocycles. The number of hydrogen-bond acceptors (Lipinski definition) is 5. The lowest BCUT2D eigenvalue weighted by Crippen LogP contribution is -2.51. The first kappa shape index (κ1) is 15.4. The molecule has 2 heterocycles. The van der Waals surface area contributed by atoms with Crippen molar-refractivity contribution >= 4 is 21.4 Å². The van der Waals surface area contributed by atoms with Gasteiger partial charge in [-0.25, -0.2) is 8.42 Å². The van der Waals surface area contributed by atoms with E-state index in [4.69, 9.17) is 0 Å². The monoisotopic (exact) mass is 329 g/mol. The standard InChI is InChI=1S/C14H23N3O2S2/c1-11-9-17(6-5-16(11)2)21(18,19)14-7-12(10-20-14)8-15-13-3-4-13/h7,10-11,13,15H,3-6,8-9H2,1-2H3. The number of nitrogens with zero attached hydrogens (tertiary/aromatic N) is 2. The first-order valence-electron chi connectivity index (χ1n) is 7.48. The third kappa shape index (κ3) is 3.48. The van der Waals surface area contributed by atoms with E-state index in [-0.39, 0.29) is 6.04 Å². The molecule has 1 aromatic heterocycles. The normalized spacial score (nSPS) is 25.3. The zero-order valence-corrected chi connectivity index (χ0v) is 14.2. The van der Waals surface area contributed by atoms with Gasteiger partial charge in [0.25, 0.3) is 10.0 Å². The summed E-state index contributed by atoms with van der Waals surface area (Å²) in [6.45, 7) is 4.79.